The molecule has 0 aliphatic carbocycles. The number of hydrogen-bond acceptors (Lipinski definition) is 3. The summed E-state index contributed by atoms with van der Waals surface area (Å²) in [6, 6.07) is 21.5. The van der Waals surface area contributed by atoms with E-state index in [4.69, 9.17) is 4.74 Å². The van der Waals surface area contributed by atoms with Crippen molar-refractivity contribution in [2.75, 3.05) is 26.7 Å². The van der Waals surface area contributed by atoms with E-state index >= 15 is 0 Å². The van der Waals surface area contributed by atoms with E-state index in [2.05, 4.69) is 12.1 Å². The molecule has 0 radical (unpaired) electrons. The van der Waals surface area contributed by atoms with Crippen molar-refractivity contribution in [3.63, 3.8) is 0 Å². The monoisotopic (exact) mass is 458 g/mol. The van der Waals surface area contributed by atoms with E-state index in [9.17, 15) is 14.0 Å². The molecule has 5 rings (SSSR count). The van der Waals surface area contributed by atoms with E-state index in [1.807, 2.05) is 41.3 Å². The van der Waals surface area contributed by atoms with Gasteiger partial charge in [-0.25, -0.2) is 4.39 Å². The molecule has 0 N–H and O–H groups in total. The van der Waals surface area contributed by atoms with Crippen LogP contribution in [0.1, 0.15) is 33.0 Å². The molecule has 2 unspecified atom stereocenters. The van der Waals surface area contributed by atoms with Crippen LogP contribution < -0.4 is 4.74 Å². The van der Waals surface area contributed by atoms with Crippen molar-refractivity contribution in [2.24, 2.45) is 5.92 Å². The molecule has 2 heterocycles. The summed E-state index contributed by atoms with van der Waals surface area (Å²) in [4.78, 5) is 30.7. The molecular weight excluding hydrogens is 431 g/mol. The van der Waals surface area contributed by atoms with Crippen LogP contribution in [0.5, 0.6) is 5.75 Å². The Morgan fingerprint density at radius 2 is 1.59 bits per heavy atom. The van der Waals surface area contributed by atoms with Gasteiger partial charge in [-0.3, -0.25) is 9.59 Å². The molecule has 0 saturated carbocycles. The van der Waals surface area contributed by atoms with E-state index in [1.54, 1.807) is 12.0 Å². The highest BCUT2D eigenvalue weighted by molar-refractivity contribution is 5.95. The summed E-state index contributed by atoms with van der Waals surface area (Å²) in [5, 5.41) is 0. The second-order valence-electron chi connectivity index (χ2n) is 8.95. The van der Waals surface area contributed by atoms with Crippen molar-refractivity contribution in [3.05, 3.63) is 101 Å². The summed E-state index contributed by atoms with van der Waals surface area (Å²) in [5.74, 6) is -0.385. The zero-order chi connectivity index (χ0) is 23.7. The van der Waals surface area contributed by atoms with Crippen molar-refractivity contribution < 1.29 is 18.7 Å². The molecule has 0 bridgehead atoms. The summed E-state index contributed by atoms with van der Waals surface area (Å²) >= 11 is 0. The van der Waals surface area contributed by atoms with Crippen LogP contribution in [0.3, 0.4) is 0 Å². The van der Waals surface area contributed by atoms with Gasteiger partial charge in [0.1, 0.15) is 11.6 Å². The summed E-state index contributed by atoms with van der Waals surface area (Å²) < 4.78 is 19.0. The van der Waals surface area contributed by atoms with Gasteiger partial charge in [-0.1, -0.05) is 42.5 Å². The molecule has 3 aromatic carbocycles. The third kappa shape index (κ3) is 4.16. The van der Waals surface area contributed by atoms with Crippen molar-refractivity contribution >= 4 is 11.8 Å². The van der Waals surface area contributed by atoms with E-state index in [-0.39, 0.29) is 29.5 Å². The minimum Gasteiger partial charge on any atom is -0.496 e. The van der Waals surface area contributed by atoms with Crippen LogP contribution in [-0.4, -0.2) is 48.4 Å². The highest BCUT2D eigenvalue weighted by Crippen LogP contribution is 2.39. The average molecular weight is 459 g/mol. The quantitative estimate of drug-likeness (QED) is 0.587. The minimum atomic E-state index is -0.386. The molecule has 2 aliphatic rings. The Balaban J connectivity index is 1.44. The molecule has 2 atom stereocenters. The van der Waals surface area contributed by atoms with Gasteiger partial charge >= 0.3 is 0 Å². The molecule has 6 heteroatoms. The number of carbonyl (C=O) groups excluding carboxylic acids is 2. The van der Waals surface area contributed by atoms with Crippen molar-refractivity contribution in [1.82, 2.24) is 9.80 Å². The van der Waals surface area contributed by atoms with Gasteiger partial charge in [-0.05, 0) is 53.4 Å². The fourth-order valence-corrected chi connectivity index (χ4v) is 5.20. The van der Waals surface area contributed by atoms with Gasteiger partial charge in [0.15, 0.2) is 0 Å². The maximum atomic E-state index is 13.8. The summed E-state index contributed by atoms with van der Waals surface area (Å²) in [7, 11) is 1.62. The Morgan fingerprint density at radius 3 is 2.35 bits per heavy atom. The summed E-state index contributed by atoms with van der Waals surface area (Å²) in [6.07, 6.45) is 0.826. The fraction of sp³-hybridized carbons (Fsp3) is 0.286. The van der Waals surface area contributed by atoms with Crippen LogP contribution in [0, 0.1) is 11.7 Å². The van der Waals surface area contributed by atoms with Crippen LogP contribution in [0.15, 0.2) is 72.8 Å². The Morgan fingerprint density at radius 1 is 0.882 bits per heavy atom. The Kier molecular flexibility index (Phi) is 6.05. The smallest absolute Gasteiger partial charge is 0.253 e. The lowest BCUT2D eigenvalue weighted by Gasteiger charge is -2.32. The van der Waals surface area contributed by atoms with Gasteiger partial charge in [0.25, 0.3) is 5.91 Å². The van der Waals surface area contributed by atoms with Crippen LogP contribution in [0.4, 0.5) is 4.39 Å². The summed E-state index contributed by atoms with van der Waals surface area (Å²) in [5.41, 5.74) is 3.80. The lowest BCUT2D eigenvalue weighted by molar-refractivity contribution is -0.136. The first kappa shape index (κ1) is 22.1. The van der Waals surface area contributed by atoms with Crippen LogP contribution in [0.2, 0.25) is 0 Å². The van der Waals surface area contributed by atoms with Gasteiger partial charge in [0.2, 0.25) is 5.91 Å². The van der Waals surface area contributed by atoms with E-state index in [0.717, 1.165) is 12.0 Å². The number of methoxy groups -OCH3 is 1. The molecule has 5 nitrogen and oxygen atoms in total. The summed E-state index contributed by atoms with van der Waals surface area (Å²) in [6.45, 7) is 1.96. The minimum absolute atomic E-state index is 0.0554. The molecule has 2 aliphatic heterocycles. The van der Waals surface area contributed by atoms with Gasteiger partial charge in [-0.2, -0.15) is 0 Å². The molecule has 3 aromatic rings. The number of amides is 2. The Labute approximate surface area is 198 Å². The third-order valence-electron chi connectivity index (χ3n) is 7.00. The molecule has 0 spiro atoms. The largest absolute Gasteiger partial charge is 0.496 e. The molecule has 174 valence electrons. The second-order valence-corrected chi connectivity index (χ2v) is 8.95. The number of benzene rings is 3. The van der Waals surface area contributed by atoms with Crippen LogP contribution in [-0.2, 0) is 17.8 Å². The van der Waals surface area contributed by atoms with Gasteiger partial charge < -0.3 is 14.5 Å². The Bertz CT molecular complexity index is 1210. The maximum absolute atomic E-state index is 13.8. The first-order chi connectivity index (χ1) is 16.5. The third-order valence-corrected chi connectivity index (χ3v) is 7.00. The normalized spacial score (nSPS) is 19.6. The van der Waals surface area contributed by atoms with Crippen molar-refractivity contribution in [2.45, 2.75) is 18.9 Å². The topological polar surface area (TPSA) is 49.9 Å². The van der Waals surface area contributed by atoms with Gasteiger partial charge in [0.05, 0.1) is 13.0 Å². The number of halogens is 1. The number of ether oxygens (including phenoxy) is 1. The molecule has 2 amide bonds. The first-order valence-corrected chi connectivity index (χ1v) is 11.6. The number of likely N-dealkylation sites (tertiary alicyclic amines) is 1. The average Bonchev–Trinajstić information content (AvgIpc) is 3.33. The number of carbonyl (C=O) groups is 2. The first-order valence-electron chi connectivity index (χ1n) is 11.6. The van der Waals surface area contributed by atoms with Crippen LogP contribution in [0.25, 0.3) is 0 Å². The highest BCUT2D eigenvalue weighted by atomic mass is 19.1. The number of nitrogens with zero attached hydrogens (tertiary/aromatic N) is 2. The molecule has 1 saturated heterocycles. The number of para-hydroxylation sites is 1. The molecule has 1 fully saturated rings. The lowest BCUT2D eigenvalue weighted by atomic mass is 9.86. The molecular formula is C28H27FN2O3. The van der Waals surface area contributed by atoms with E-state index in [1.165, 1.54) is 35.4 Å². The second kappa shape index (κ2) is 9.29. The molecule has 0 aromatic heterocycles. The van der Waals surface area contributed by atoms with Gasteiger partial charge in [-0.15, -0.1) is 0 Å². The predicted molar refractivity (Wildman–Crippen MR) is 127 cm³/mol. The van der Waals surface area contributed by atoms with E-state index < -0.39 is 0 Å². The van der Waals surface area contributed by atoms with Gasteiger partial charge in [0, 0.05) is 37.7 Å². The predicted octanol–water partition coefficient (Wildman–Crippen LogP) is 4.28. The zero-order valence-electron chi connectivity index (χ0n) is 19.1. The molecule has 34 heavy (non-hydrogen) atoms. The fourth-order valence-electron chi connectivity index (χ4n) is 5.20. The van der Waals surface area contributed by atoms with E-state index in [0.29, 0.717) is 37.5 Å². The lowest BCUT2D eigenvalue weighted by Crippen LogP contribution is -2.42. The highest BCUT2D eigenvalue weighted by Gasteiger charge is 2.43. The number of hydrogen-bond donors (Lipinski definition) is 0. The number of fused-ring (bicyclic) bond motifs is 1. The zero-order valence-corrected chi connectivity index (χ0v) is 19.1. The number of rotatable bonds is 4. The van der Waals surface area contributed by atoms with Crippen molar-refractivity contribution in [1.29, 1.82) is 0 Å². The SMILES string of the molecule is COc1ccccc1C1CN(C(=O)c2ccc(F)cc2)CC1C(=O)N1CCc2ccccc2C1. The Hall–Kier alpha value is -3.67. The van der Waals surface area contributed by atoms with Crippen LogP contribution >= 0.6 is 0 Å². The van der Waals surface area contributed by atoms with Crippen molar-refractivity contribution in [3.8, 4) is 5.75 Å². The maximum Gasteiger partial charge on any atom is 0.253 e. The standard InChI is InChI=1S/C28H27FN2O3/c1-34-26-9-5-4-8-23(26)24-17-31(27(32)20-10-12-22(29)13-11-20)18-25(24)28(33)30-15-14-19-6-2-3-7-21(19)16-30/h2-13,24-25H,14-18H2,1H3.